The van der Waals surface area contributed by atoms with Gasteiger partial charge in [0.1, 0.15) is 0 Å². The lowest BCUT2D eigenvalue weighted by atomic mass is 9.67. The molecule has 0 aliphatic carbocycles. The molecule has 0 aromatic carbocycles. The lowest BCUT2D eigenvalue weighted by Crippen LogP contribution is -2.35. The molecule has 0 saturated heterocycles. The highest BCUT2D eigenvalue weighted by atomic mass is 17.7. The predicted molar refractivity (Wildman–Crippen MR) is 127 cm³/mol. The van der Waals surface area contributed by atoms with E-state index in [4.69, 9.17) is 4.89 Å². The zero-order valence-corrected chi connectivity index (χ0v) is 22.3. The van der Waals surface area contributed by atoms with E-state index in [-0.39, 0.29) is 23.2 Å². The van der Waals surface area contributed by atoms with Gasteiger partial charge in [0.05, 0.1) is 5.92 Å². The molecule has 0 amide bonds. The Morgan fingerprint density at radius 2 is 1.19 bits per heavy atom. The minimum atomic E-state index is -0.538. The second kappa shape index (κ2) is 15.7. The quantitative estimate of drug-likeness (QED) is 0.126. The molecule has 0 aliphatic heterocycles. The largest absolute Gasteiger partial charge is 0.349 e. The molecule has 1 atom stereocenters. The Kier molecular flexibility index (Phi) is 15.1. The van der Waals surface area contributed by atoms with E-state index in [1.54, 1.807) is 0 Å². The van der Waals surface area contributed by atoms with E-state index < -0.39 is 11.9 Å². The highest BCUT2D eigenvalue weighted by Gasteiger charge is 2.39. The van der Waals surface area contributed by atoms with Gasteiger partial charge in [-0.3, -0.25) is 9.78 Å². The van der Waals surface area contributed by atoms with E-state index in [1.165, 1.54) is 0 Å². The maximum atomic E-state index is 12.8. The van der Waals surface area contributed by atoms with Crippen molar-refractivity contribution in [3.63, 3.8) is 0 Å². The molecule has 0 aromatic rings. The van der Waals surface area contributed by atoms with Crippen LogP contribution in [0.25, 0.3) is 0 Å². The van der Waals surface area contributed by atoms with Gasteiger partial charge >= 0.3 is 11.9 Å². The zero-order chi connectivity index (χ0) is 24.8. The van der Waals surface area contributed by atoms with Gasteiger partial charge in [0, 0.05) is 16.5 Å². The number of carbonyl (C=O) groups is 2. The van der Waals surface area contributed by atoms with Crippen molar-refractivity contribution in [1.82, 2.24) is 0 Å². The van der Waals surface area contributed by atoms with Crippen molar-refractivity contribution in [2.75, 3.05) is 0 Å². The first kappa shape index (κ1) is 30.9. The van der Waals surface area contributed by atoms with Crippen LogP contribution in [0, 0.1) is 28.6 Å². The van der Waals surface area contributed by atoms with E-state index >= 15 is 0 Å². The average molecular weight is 459 g/mol. The Labute approximate surface area is 196 Å². The highest BCUT2D eigenvalue weighted by Crippen LogP contribution is 2.42. The third-order valence-corrected chi connectivity index (χ3v) is 5.67. The molecule has 0 N–H and O–H groups in total. The second-order valence-corrected chi connectivity index (χ2v) is 11.9. The molecule has 0 rings (SSSR count). The van der Waals surface area contributed by atoms with Gasteiger partial charge in [0.15, 0.2) is 0 Å². The number of carbonyl (C=O) groups excluding carboxylic acids is 2. The van der Waals surface area contributed by atoms with E-state index in [9.17, 15) is 9.59 Å². The van der Waals surface area contributed by atoms with Gasteiger partial charge in [-0.25, -0.2) is 9.59 Å². The van der Waals surface area contributed by atoms with Crippen LogP contribution in [0.5, 0.6) is 0 Å². The number of rotatable bonds is 17. The molecular weight excluding hydrogens is 408 g/mol. The molecule has 190 valence electrons. The minimum absolute atomic E-state index is 0.0714. The monoisotopic (exact) mass is 458 g/mol. The Bertz CT molecular complexity index is 519. The summed E-state index contributed by atoms with van der Waals surface area (Å²) in [5.74, 6) is -0.0584. The van der Waals surface area contributed by atoms with Crippen molar-refractivity contribution in [2.24, 2.45) is 28.6 Å². The van der Waals surface area contributed by atoms with Gasteiger partial charge in [0.2, 0.25) is 0 Å². The molecule has 0 aliphatic rings. The van der Waals surface area contributed by atoms with Crippen LogP contribution in [0.1, 0.15) is 127 Å². The Morgan fingerprint density at radius 1 is 0.688 bits per heavy atom. The van der Waals surface area contributed by atoms with Crippen LogP contribution in [0.4, 0.5) is 0 Å². The smallest absolute Gasteiger partial charge is 0.266 e. The van der Waals surface area contributed by atoms with Gasteiger partial charge in [-0.1, -0.05) is 101 Å². The highest BCUT2D eigenvalue weighted by molar-refractivity contribution is 5.72. The zero-order valence-electron chi connectivity index (χ0n) is 22.3. The lowest BCUT2D eigenvalue weighted by molar-refractivity contribution is -0.601. The summed E-state index contributed by atoms with van der Waals surface area (Å²) >= 11 is 0. The fraction of sp³-hybridized carbons (Fsp3) is 0.923. The predicted octanol–water partition coefficient (Wildman–Crippen LogP) is 7.75. The third-order valence-electron chi connectivity index (χ3n) is 5.67. The van der Waals surface area contributed by atoms with Crippen LogP contribution in [-0.2, 0) is 29.4 Å². The van der Waals surface area contributed by atoms with Crippen LogP contribution in [0.15, 0.2) is 0 Å². The van der Waals surface area contributed by atoms with Crippen LogP contribution >= 0.6 is 0 Å². The summed E-state index contributed by atoms with van der Waals surface area (Å²) < 4.78 is 0. The van der Waals surface area contributed by atoms with Crippen molar-refractivity contribution >= 4 is 11.9 Å². The van der Waals surface area contributed by atoms with Gasteiger partial charge in [0.25, 0.3) is 0 Å². The van der Waals surface area contributed by atoms with Crippen molar-refractivity contribution in [2.45, 2.75) is 127 Å². The lowest BCUT2D eigenvalue weighted by Gasteiger charge is -2.37. The van der Waals surface area contributed by atoms with E-state index in [2.05, 4.69) is 77.3 Å². The summed E-state index contributed by atoms with van der Waals surface area (Å²) in [6.07, 6.45) is 8.89. The minimum Gasteiger partial charge on any atom is -0.266 e. The van der Waals surface area contributed by atoms with Gasteiger partial charge < -0.3 is 0 Å². The molecule has 0 saturated carbocycles. The second-order valence-electron chi connectivity index (χ2n) is 11.9. The van der Waals surface area contributed by atoms with E-state index in [0.717, 1.165) is 51.4 Å². The molecule has 6 heteroatoms. The van der Waals surface area contributed by atoms with Crippen LogP contribution < -0.4 is 0 Å². The molecule has 0 heterocycles. The molecule has 0 bridgehead atoms. The topological polar surface area (TPSA) is 71.1 Å². The first-order chi connectivity index (χ1) is 14.7. The molecule has 6 nitrogen and oxygen atoms in total. The van der Waals surface area contributed by atoms with Crippen molar-refractivity contribution in [3.8, 4) is 0 Å². The molecule has 1 unspecified atom stereocenters. The standard InChI is InChI=1S/C26H50O6/c1-20(2)15-11-10-12-18-23(27)29-31-32-30-24(28)22(17-14-13-16-21(3)4)26(8,9)19-25(5,6)7/h20-22H,10-19H2,1-9H3. The summed E-state index contributed by atoms with van der Waals surface area (Å²) in [7, 11) is 0. The SMILES string of the molecule is CC(C)CCCCCC(=O)OOOOC(=O)C(CCCCC(C)C)C(C)(C)CC(C)(C)C. The molecule has 32 heavy (non-hydrogen) atoms. The van der Waals surface area contributed by atoms with Gasteiger partial charge in [-0.15, -0.1) is 0 Å². The first-order valence-corrected chi connectivity index (χ1v) is 12.5. The number of hydrogen-bond donors (Lipinski definition) is 0. The van der Waals surface area contributed by atoms with Crippen LogP contribution in [0.3, 0.4) is 0 Å². The Balaban J connectivity index is 4.50. The maximum absolute atomic E-state index is 12.8. The molecular formula is C26H50O6. The summed E-state index contributed by atoms with van der Waals surface area (Å²) in [6.45, 7) is 19.4. The van der Waals surface area contributed by atoms with E-state index in [0.29, 0.717) is 18.3 Å². The Morgan fingerprint density at radius 3 is 1.72 bits per heavy atom. The fourth-order valence-corrected chi connectivity index (χ4v) is 4.42. The molecule has 0 spiro atoms. The number of hydrogen-bond acceptors (Lipinski definition) is 6. The molecule has 0 radical (unpaired) electrons. The van der Waals surface area contributed by atoms with Crippen LogP contribution in [0.2, 0.25) is 0 Å². The van der Waals surface area contributed by atoms with Crippen LogP contribution in [-0.4, -0.2) is 11.9 Å². The summed E-state index contributed by atoms with van der Waals surface area (Å²) in [6, 6.07) is 0. The third kappa shape index (κ3) is 16.5. The number of unbranched alkanes of at least 4 members (excludes halogenated alkanes) is 3. The average Bonchev–Trinajstić information content (AvgIpc) is 2.62. The molecule has 0 aromatic heterocycles. The summed E-state index contributed by atoms with van der Waals surface area (Å²) in [5, 5.41) is 8.87. The summed E-state index contributed by atoms with van der Waals surface area (Å²) in [4.78, 5) is 33.9. The molecule has 0 fully saturated rings. The normalized spacial score (nSPS) is 13.5. The fourth-order valence-electron chi connectivity index (χ4n) is 4.42. The maximum Gasteiger partial charge on any atom is 0.349 e. The van der Waals surface area contributed by atoms with E-state index in [1.807, 2.05) is 0 Å². The first-order valence-electron chi connectivity index (χ1n) is 12.5. The Hall–Kier alpha value is -1.14. The van der Waals surface area contributed by atoms with Crippen molar-refractivity contribution in [3.05, 3.63) is 0 Å². The van der Waals surface area contributed by atoms with Gasteiger partial charge in [-0.05, 0) is 41.9 Å². The summed E-state index contributed by atoms with van der Waals surface area (Å²) in [5.41, 5.74) is -0.203. The van der Waals surface area contributed by atoms with Crippen molar-refractivity contribution in [1.29, 1.82) is 0 Å². The van der Waals surface area contributed by atoms with Crippen molar-refractivity contribution < 1.29 is 29.4 Å². The van der Waals surface area contributed by atoms with Gasteiger partial charge in [-0.2, -0.15) is 0 Å².